The van der Waals surface area contributed by atoms with Crippen molar-refractivity contribution in [2.24, 2.45) is 5.92 Å². The second-order valence-corrected chi connectivity index (χ2v) is 16.7. The van der Waals surface area contributed by atoms with E-state index in [0.717, 1.165) is 54.7 Å². The lowest BCUT2D eigenvalue weighted by Crippen LogP contribution is -2.59. The monoisotopic (exact) mass is 865 g/mol. The van der Waals surface area contributed by atoms with Crippen LogP contribution in [-0.2, 0) is 13.2 Å². The first-order valence-electron chi connectivity index (χ1n) is 21.9. The lowest BCUT2D eigenvalue weighted by Gasteiger charge is -2.50. The van der Waals surface area contributed by atoms with Gasteiger partial charge >= 0.3 is 6.09 Å². The van der Waals surface area contributed by atoms with Crippen molar-refractivity contribution in [2.45, 2.75) is 50.6 Å². The molecule has 9 rings (SSSR count). The number of fused-ring (bicyclic) bond motifs is 4. The van der Waals surface area contributed by atoms with Crippen LogP contribution in [-0.4, -0.2) is 99.4 Å². The maximum Gasteiger partial charge on any atom is 0.408 e. The summed E-state index contributed by atoms with van der Waals surface area (Å²) in [4.78, 5) is 47.5. The third-order valence-electron chi connectivity index (χ3n) is 12.6. The van der Waals surface area contributed by atoms with Crippen LogP contribution in [0.2, 0.25) is 0 Å². The van der Waals surface area contributed by atoms with E-state index in [-0.39, 0.29) is 41.9 Å². The molecule has 5 N–H and O–H groups in total. The Bertz CT molecular complexity index is 2600. The molecule has 2 bridgehead atoms. The molecule has 2 amide bonds. The van der Waals surface area contributed by atoms with Gasteiger partial charge in [-0.25, -0.2) is 4.79 Å². The number of phenolic OH excluding ortho intramolecular Hbond substituents is 1. The Hall–Kier alpha value is -6.67. The maximum atomic E-state index is 14.1. The predicted octanol–water partition coefficient (Wildman–Crippen LogP) is 7.34. The van der Waals surface area contributed by atoms with Crippen LogP contribution in [0, 0.1) is 5.92 Å². The van der Waals surface area contributed by atoms with E-state index in [1.54, 1.807) is 29.0 Å². The molecule has 0 radical (unpaired) electrons. The van der Waals surface area contributed by atoms with Gasteiger partial charge in [-0.15, -0.1) is 0 Å². The van der Waals surface area contributed by atoms with Gasteiger partial charge < -0.3 is 44.9 Å². The average Bonchev–Trinajstić information content (AvgIpc) is 3.32. The number of carboxylic acid groups (broad SMARTS) is 1. The Kier molecular flexibility index (Phi) is 13.9. The third kappa shape index (κ3) is 10.2. The van der Waals surface area contributed by atoms with Gasteiger partial charge in [0.2, 0.25) is 5.56 Å². The first kappa shape index (κ1) is 44.0. The number of carbonyl (C=O) groups excluding carboxylic acids is 1. The summed E-state index contributed by atoms with van der Waals surface area (Å²) in [5, 5.41) is 35.9. The summed E-state index contributed by atoms with van der Waals surface area (Å²) in [6, 6.07) is 38.0. The SMILES string of the molecule is COc1cccc(CN(CCCNC[C@@H](O)c2ccc(O)c3[nH]c(=O)ccc23)C(=O)c2ccc(COc3cccc(C(c4ccccc4)N(C(=O)O)[C@H]4CN5CCC4CC5)c3)cc2)c1. The molecule has 64 heavy (non-hydrogen) atoms. The predicted molar refractivity (Wildman–Crippen MR) is 245 cm³/mol. The first-order chi connectivity index (χ1) is 31.1. The van der Waals surface area contributed by atoms with Gasteiger partial charge in [0.25, 0.3) is 5.91 Å². The maximum absolute atomic E-state index is 14.1. The van der Waals surface area contributed by atoms with Crippen molar-refractivity contribution < 1.29 is 34.4 Å². The number of aliphatic hydroxyl groups excluding tert-OH is 1. The largest absolute Gasteiger partial charge is 0.506 e. The molecular formula is C51H55N5O8. The van der Waals surface area contributed by atoms with E-state index in [4.69, 9.17) is 9.47 Å². The number of carbonyl (C=O) groups is 2. The van der Waals surface area contributed by atoms with Gasteiger partial charge in [-0.2, -0.15) is 0 Å². The van der Waals surface area contributed by atoms with Crippen LogP contribution in [0.25, 0.3) is 10.9 Å². The standard InChI is InChI=1S/C51H55N5O8/c1-63-40-12-5-8-35(28-40)31-55(25-7-24-52-30-46(58)42-18-20-45(57)48-43(42)19-21-47(59)53-48)50(60)38-16-14-34(15-17-38)33-64-41-13-6-11-39(29-41)49(37-9-3-2-4-10-37)56(51(61)62)44-32-54-26-22-36(44)23-27-54/h2-6,8-21,28-29,36,44,46,49,52,57-58H,7,22-27,30-33H2,1H3,(H,53,59)(H,61,62)/t44-,46+,49?/m0/s1. The minimum atomic E-state index is -0.927. The second-order valence-electron chi connectivity index (χ2n) is 16.7. The normalized spacial score (nSPS) is 17.7. The number of phenols is 1. The summed E-state index contributed by atoms with van der Waals surface area (Å²) < 4.78 is 11.8. The average molecular weight is 866 g/mol. The van der Waals surface area contributed by atoms with Crippen molar-refractivity contribution in [1.82, 2.24) is 25.0 Å². The number of H-pyrrole nitrogens is 1. The Morgan fingerprint density at radius 2 is 1.61 bits per heavy atom. The number of piperidine rings is 3. The number of methoxy groups -OCH3 is 1. The number of aromatic nitrogens is 1. The van der Waals surface area contributed by atoms with Crippen LogP contribution in [0.4, 0.5) is 4.79 Å². The highest BCUT2D eigenvalue weighted by atomic mass is 16.5. The van der Waals surface area contributed by atoms with Gasteiger partial charge in [0.1, 0.15) is 23.9 Å². The number of hydrogen-bond donors (Lipinski definition) is 5. The van der Waals surface area contributed by atoms with Crippen molar-refractivity contribution in [3.63, 3.8) is 0 Å². The fourth-order valence-corrected chi connectivity index (χ4v) is 9.25. The number of hydrogen-bond acceptors (Lipinski definition) is 9. The highest BCUT2D eigenvalue weighted by Gasteiger charge is 2.43. The minimum Gasteiger partial charge on any atom is -0.506 e. The lowest BCUT2D eigenvalue weighted by atomic mass is 9.81. The summed E-state index contributed by atoms with van der Waals surface area (Å²) in [6.45, 7) is 4.57. The number of aromatic amines is 1. The molecule has 1 unspecified atom stereocenters. The number of nitrogens with zero attached hydrogens (tertiary/aromatic N) is 3. The molecule has 0 saturated carbocycles. The highest BCUT2D eigenvalue weighted by Crippen LogP contribution is 2.39. The molecule has 3 aliphatic rings. The highest BCUT2D eigenvalue weighted by molar-refractivity contribution is 5.94. The van der Waals surface area contributed by atoms with Crippen LogP contribution in [0.3, 0.4) is 0 Å². The molecular weight excluding hydrogens is 811 g/mol. The summed E-state index contributed by atoms with van der Waals surface area (Å²) in [6.07, 6.45) is 0.780. The quantitative estimate of drug-likeness (QED) is 0.0552. The number of nitrogens with one attached hydrogen (secondary N) is 2. The number of amides is 2. The van der Waals surface area contributed by atoms with E-state index in [9.17, 15) is 29.7 Å². The molecule has 5 aromatic carbocycles. The van der Waals surface area contributed by atoms with E-state index in [0.29, 0.717) is 60.0 Å². The van der Waals surface area contributed by atoms with Crippen LogP contribution < -0.4 is 20.3 Å². The van der Waals surface area contributed by atoms with Gasteiger partial charge in [-0.1, -0.05) is 72.8 Å². The van der Waals surface area contributed by atoms with E-state index in [1.165, 1.54) is 12.1 Å². The van der Waals surface area contributed by atoms with Crippen molar-refractivity contribution in [3.05, 3.63) is 171 Å². The number of rotatable bonds is 18. The zero-order valence-corrected chi connectivity index (χ0v) is 35.9. The summed E-state index contributed by atoms with van der Waals surface area (Å²) >= 11 is 0. The minimum absolute atomic E-state index is 0.0687. The van der Waals surface area contributed by atoms with Gasteiger partial charge in [0.05, 0.1) is 30.8 Å². The van der Waals surface area contributed by atoms with Crippen LogP contribution in [0.5, 0.6) is 17.2 Å². The van der Waals surface area contributed by atoms with Crippen molar-refractivity contribution >= 4 is 22.9 Å². The zero-order valence-electron chi connectivity index (χ0n) is 35.9. The van der Waals surface area contributed by atoms with Gasteiger partial charge in [0, 0.05) is 43.2 Å². The lowest BCUT2D eigenvalue weighted by molar-refractivity contribution is -0.000814. The molecule has 3 aliphatic heterocycles. The number of aromatic hydroxyl groups is 1. The smallest absolute Gasteiger partial charge is 0.408 e. The molecule has 0 spiro atoms. The Balaban J connectivity index is 0.920. The molecule has 3 fully saturated rings. The van der Waals surface area contributed by atoms with Crippen LogP contribution in [0.1, 0.15) is 69.6 Å². The molecule has 4 heterocycles. The first-order valence-corrected chi connectivity index (χ1v) is 21.9. The van der Waals surface area contributed by atoms with Crippen molar-refractivity contribution in [3.8, 4) is 17.2 Å². The third-order valence-corrected chi connectivity index (χ3v) is 12.6. The number of benzene rings is 5. The molecule has 3 atom stereocenters. The van der Waals surface area contributed by atoms with E-state index < -0.39 is 18.2 Å². The molecule has 13 heteroatoms. The summed E-state index contributed by atoms with van der Waals surface area (Å²) in [5.41, 5.74) is 4.59. The molecule has 0 aliphatic carbocycles. The second kappa shape index (κ2) is 20.2. The summed E-state index contributed by atoms with van der Waals surface area (Å²) in [5.74, 6) is 1.45. The van der Waals surface area contributed by atoms with Crippen LogP contribution in [0.15, 0.2) is 132 Å². The Morgan fingerprint density at radius 3 is 2.34 bits per heavy atom. The van der Waals surface area contributed by atoms with Gasteiger partial charge in [-0.3, -0.25) is 14.5 Å². The number of ether oxygens (including phenoxy) is 2. The van der Waals surface area contributed by atoms with E-state index in [1.807, 2.05) is 103 Å². The Labute approximate surface area is 372 Å². The molecule has 3 saturated heterocycles. The van der Waals surface area contributed by atoms with Gasteiger partial charge in [0.15, 0.2) is 0 Å². The fraction of sp³-hybridized carbons (Fsp3) is 0.314. The van der Waals surface area contributed by atoms with E-state index >= 15 is 0 Å². The molecule has 332 valence electrons. The molecule has 6 aromatic rings. The van der Waals surface area contributed by atoms with Crippen LogP contribution >= 0.6 is 0 Å². The van der Waals surface area contributed by atoms with Crippen molar-refractivity contribution in [2.75, 3.05) is 46.4 Å². The zero-order chi connectivity index (χ0) is 44.6. The number of pyridine rings is 1. The van der Waals surface area contributed by atoms with Crippen molar-refractivity contribution in [1.29, 1.82) is 0 Å². The Morgan fingerprint density at radius 1 is 0.859 bits per heavy atom. The molecule has 1 aromatic heterocycles. The molecule has 13 nitrogen and oxygen atoms in total. The van der Waals surface area contributed by atoms with Gasteiger partial charge in [-0.05, 0) is 121 Å². The number of aliphatic hydroxyl groups is 1. The summed E-state index contributed by atoms with van der Waals surface area (Å²) in [7, 11) is 1.61. The van der Waals surface area contributed by atoms with E-state index in [2.05, 4.69) is 15.2 Å². The fourth-order valence-electron chi connectivity index (χ4n) is 9.25. The topological polar surface area (TPSA) is 168 Å².